The Morgan fingerprint density at radius 1 is 1.11 bits per heavy atom. The van der Waals surface area contributed by atoms with Crippen LogP contribution in [-0.2, 0) is 0 Å². The van der Waals surface area contributed by atoms with Gasteiger partial charge in [-0.05, 0) is 24.3 Å². The van der Waals surface area contributed by atoms with Gasteiger partial charge in [0.05, 0.1) is 0 Å². The first-order valence-corrected chi connectivity index (χ1v) is 5.90. The van der Waals surface area contributed by atoms with Crippen LogP contribution in [0.4, 0.5) is 5.69 Å². The lowest BCUT2D eigenvalue weighted by atomic mass is 10.2. The number of rotatable bonds is 5. The summed E-state index contributed by atoms with van der Waals surface area (Å²) >= 11 is 0. The fourth-order valence-corrected chi connectivity index (χ4v) is 1.69. The minimum absolute atomic E-state index is 0.170. The lowest BCUT2D eigenvalue weighted by Gasteiger charge is -2.20. The number of hydrogen-bond donors (Lipinski definition) is 1. The topological polar surface area (TPSA) is 49.8 Å². The number of nitrogens with zero attached hydrogens (tertiary/aromatic N) is 1. The fourth-order valence-electron chi connectivity index (χ4n) is 1.69. The number of benzene rings is 2. The summed E-state index contributed by atoms with van der Waals surface area (Å²) in [5.74, 6) is -0.615. The van der Waals surface area contributed by atoms with Crippen LogP contribution in [0.15, 0.2) is 54.6 Å². The minimum atomic E-state index is -0.988. The molecule has 0 atom stereocenters. The standard InChI is InChI=1S/C15H15NO3/c1-16(12-7-3-2-4-8-12)11-19-14-10-6-5-9-13(14)15(17)18/h2-10H,11H2,1H3,(H,17,18). The first kappa shape index (κ1) is 13.0. The molecule has 2 aromatic rings. The summed E-state index contributed by atoms with van der Waals surface area (Å²) in [6.07, 6.45) is 0. The van der Waals surface area contributed by atoms with Crippen LogP contribution in [0.2, 0.25) is 0 Å². The average molecular weight is 257 g/mol. The normalized spacial score (nSPS) is 9.95. The second kappa shape index (κ2) is 5.91. The quantitative estimate of drug-likeness (QED) is 0.837. The maximum Gasteiger partial charge on any atom is 0.339 e. The van der Waals surface area contributed by atoms with Crippen molar-refractivity contribution in [3.05, 3.63) is 60.2 Å². The lowest BCUT2D eigenvalue weighted by Crippen LogP contribution is -2.23. The molecule has 0 amide bonds. The number of anilines is 1. The zero-order chi connectivity index (χ0) is 13.7. The summed E-state index contributed by atoms with van der Waals surface area (Å²) in [5, 5.41) is 9.05. The molecule has 0 heterocycles. The number of hydrogen-bond acceptors (Lipinski definition) is 3. The van der Waals surface area contributed by atoms with E-state index in [-0.39, 0.29) is 12.3 Å². The third-order valence-corrected chi connectivity index (χ3v) is 2.73. The van der Waals surface area contributed by atoms with Crippen LogP contribution in [-0.4, -0.2) is 24.9 Å². The molecule has 4 heteroatoms. The van der Waals surface area contributed by atoms with Crippen LogP contribution in [0.25, 0.3) is 0 Å². The molecule has 1 N–H and O–H groups in total. The van der Waals surface area contributed by atoms with Gasteiger partial charge in [-0.1, -0.05) is 30.3 Å². The molecular weight excluding hydrogens is 242 g/mol. The highest BCUT2D eigenvalue weighted by atomic mass is 16.5. The van der Waals surface area contributed by atoms with Crippen LogP contribution in [0, 0.1) is 0 Å². The molecule has 0 aliphatic rings. The second-order valence-electron chi connectivity index (χ2n) is 4.11. The van der Waals surface area contributed by atoms with Gasteiger partial charge in [0.25, 0.3) is 0 Å². The van der Waals surface area contributed by atoms with Gasteiger partial charge in [0.15, 0.2) is 6.73 Å². The molecule has 0 saturated heterocycles. The summed E-state index contributed by atoms with van der Waals surface area (Å²) in [6.45, 7) is 0.286. The predicted molar refractivity (Wildman–Crippen MR) is 73.7 cm³/mol. The van der Waals surface area contributed by atoms with E-state index in [1.807, 2.05) is 42.3 Å². The first-order chi connectivity index (χ1) is 9.18. The van der Waals surface area contributed by atoms with E-state index in [4.69, 9.17) is 9.84 Å². The minimum Gasteiger partial charge on any atom is -0.478 e. The third-order valence-electron chi connectivity index (χ3n) is 2.73. The molecule has 98 valence electrons. The molecule has 0 radical (unpaired) electrons. The molecule has 0 spiro atoms. The Morgan fingerprint density at radius 3 is 2.42 bits per heavy atom. The Bertz CT molecular complexity index is 554. The van der Waals surface area contributed by atoms with Gasteiger partial charge in [0.1, 0.15) is 11.3 Å². The highest BCUT2D eigenvalue weighted by Crippen LogP contribution is 2.19. The highest BCUT2D eigenvalue weighted by Gasteiger charge is 2.10. The van der Waals surface area contributed by atoms with Crippen molar-refractivity contribution in [3.8, 4) is 5.75 Å². The molecule has 4 nitrogen and oxygen atoms in total. The van der Waals surface area contributed by atoms with Gasteiger partial charge in [0, 0.05) is 12.7 Å². The summed E-state index contributed by atoms with van der Waals surface area (Å²) in [6, 6.07) is 16.4. The van der Waals surface area contributed by atoms with E-state index in [9.17, 15) is 4.79 Å². The Labute approximate surface area is 111 Å². The van der Waals surface area contributed by atoms with Crippen LogP contribution < -0.4 is 9.64 Å². The Morgan fingerprint density at radius 2 is 1.74 bits per heavy atom. The van der Waals surface area contributed by atoms with Gasteiger partial charge in [-0.3, -0.25) is 0 Å². The van der Waals surface area contributed by atoms with Gasteiger partial charge < -0.3 is 14.7 Å². The number of aromatic carboxylic acids is 1. The second-order valence-corrected chi connectivity index (χ2v) is 4.11. The monoisotopic (exact) mass is 257 g/mol. The zero-order valence-electron chi connectivity index (χ0n) is 10.6. The van der Waals surface area contributed by atoms with Crippen LogP contribution in [0.5, 0.6) is 5.75 Å². The third kappa shape index (κ3) is 3.25. The Hall–Kier alpha value is -2.49. The van der Waals surface area contributed by atoms with Crippen molar-refractivity contribution in [1.82, 2.24) is 0 Å². The van der Waals surface area contributed by atoms with Crippen molar-refractivity contribution in [3.63, 3.8) is 0 Å². The Balaban J connectivity index is 2.05. The smallest absolute Gasteiger partial charge is 0.339 e. The van der Waals surface area contributed by atoms with Crippen molar-refractivity contribution in [2.24, 2.45) is 0 Å². The summed E-state index contributed by atoms with van der Waals surface area (Å²) in [4.78, 5) is 12.9. The molecule has 0 unspecified atom stereocenters. The largest absolute Gasteiger partial charge is 0.478 e. The molecule has 0 fully saturated rings. The van der Waals surface area contributed by atoms with Crippen molar-refractivity contribution >= 4 is 11.7 Å². The molecule has 0 aliphatic carbocycles. The molecule has 19 heavy (non-hydrogen) atoms. The number of ether oxygens (including phenoxy) is 1. The van der Waals surface area contributed by atoms with Gasteiger partial charge in [-0.15, -0.1) is 0 Å². The number of carboxylic acid groups (broad SMARTS) is 1. The lowest BCUT2D eigenvalue weighted by molar-refractivity contribution is 0.0692. The molecule has 0 saturated carbocycles. The molecule has 0 aliphatic heterocycles. The van der Waals surface area contributed by atoms with E-state index >= 15 is 0 Å². The van der Waals surface area contributed by atoms with Crippen molar-refractivity contribution in [1.29, 1.82) is 0 Å². The van der Waals surface area contributed by atoms with E-state index < -0.39 is 5.97 Å². The van der Waals surface area contributed by atoms with Crippen LogP contribution >= 0.6 is 0 Å². The molecule has 2 aromatic carbocycles. The highest BCUT2D eigenvalue weighted by molar-refractivity contribution is 5.90. The van der Waals surface area contributed by atoms with E-state index in [0.29, 0.717) is 5.75 Å². The van der Waals surface area contributed by atoms with E-state index in [0.717, 1.165) is 5.69 Å². The summed E-state index contributed by atoms with van der Waals surface area (Å²) < 4.78 is 5.56. The van der Waals surface area contributed by atoms with Gasteiger partial charge >= 0.3 is 5.97 Å². The van der Waals surface area contributed by atoms with Crippen molar-refractivity contribution in [2.45, 2.75) is 0 Å². The van der Waals surface area contributed by atoms with E-state index in [2.05, 4.69) is 0 Å². The summed E-state index contributed by atoms with van der Waals surface area (Å²) in [5.41, 5.74) is 1.18. The maximum absolute atomic E-state index is 11.0. The first-order valence-electron chi connectivity index (χ1n) is 5.90. The maximum atomic E-state index is 11.0. The Kier molecular flexibility index (Phi) is 4.03. The van der Waals surface area contributed by atoms with Crippen LogP contribution in [0.3, 0.4) is 0 Å². The SMILES string of the molecule is CN(COc1ccccc1C(=O)O)c1ccccc1. The van der Waals surface area contributed by atoms with Crippen molar-refractivity contribution in [2.75, 3.05) is 18.7 Å². The van der Waals surface area contributed by atoms with Gasteiger partial charge in [-0.2, -0.15) is 0 Å². The zero-order valence-corrected chi connectivity index (χ0v) is 10.6. The van der Waals surface area contributed by atoms with Crippen molar-refractivity contribution < 1.29 is 14.6 Å². The van der Waals surface area contributed by atoms with Gasteiger partial charge in [0.2, 0.25) is 0 Å². The number of carboxylic acids is 1. The van der Waals surface area contributed by atoms with Gasteiger partial charge in [-0.25, -0.2) is 4.79 Å². The molecular formula is C15H15NO3. The van der Waals surface area contributed by atoms with E-state index in [1.54, 1.807) is 18.2 Å². The average Bonchev–Trinajstić information content (AvgIpc) is 2.46. The van der Waals surface area contributed by atoms with Crippen LogP contribution in [0.1, 0.15) is 10.4 Å². The number of carbonyl (C=O) groups is 1. The molecule has 2 rings (SSSR count). The molecule has 0 aromatic heterocycles. The number of para-hydroxylation sites is 2. The molecule has 0 bridgehead atoms. The fraction of sp³-hybridized carbons (Fsp3) is 0.133. The predicted octanol–water partition coefficient (Wildman–Crippen LogP) is 2.86. The summed E-state index contributed by atoms with van der Waals surface area (Å²) in [7, 11) is 1.89. The van der Waals surface area contributed by atoms with E-state index in [1.165, 1.54) is 6.07 Å².